The molecule has 0 saturated carbocycles. The molecule has 1 nitrogen and oxygen atoms in total. The summed E-state index contributed by atoms with van der Waals surface area (Å²) in [4.78, 5) is 0. The second-order valence-electron chi connectivity index (χ2n) is 3.79. The van der Waals surface area contributed by atoms with Crippen LogP contribution < -0.4 is 4.74 Å². The zero-order chi connectivity index (χ0) is 10.6. The third kappa shape index (κ3) is 2.91. The Bertz CT molecular complexity index is 333. The van der Waals surface area contributed by atoms with Crippen LogP contribution in [0.3, 0.4) is 0 Å². The lowest BCUT2D eigenvalue weighted by molar-refractivity contribution is 0.359. The zero-order valence-electron chi connectivity index (χ0n) is 9.42. The van der Waals surface area contributed by atoms with Gasteiger partial charge in [0.2, 0.25) is 0 Å². The lowest BCUT2D eigenvalue weighted by Gasteiger charge is -2.08. The highest BCUT2D eigenvalue weighted by molar-refractivity contribution is 5.38. The fourth-order valence-corrected chi connectivity index (χ4v) is 1.18. The van der Waals surface area contributed by atoms with E-state index in [1.165, 1.54) is 16.7 Å². The van der Waals surface area contributed by atoms with Gasteiger partial charge in [-0.3, -0.25) is 0 Å². The smallest absolute Gasteiger partial charge is 0.122 e. The van der Waals surface area contributed by atoms with Crippen LogP contribution in [0.25, 0.3) is 0 Å². The average Bonchev–Trinajstić information content (AvgIpc) is 2.12. The molecule has 1 aromatic rings. The molecular formula is C13H18O. The highest BCUT2D eigenvalue weighted by atomic mass is 16.5. The maximum atomic E-state index is 5.65. The Morgan fingerprint density at radius 3 is 2.64 bits per heavy atom. The van der Waals surface area contributed by atoms with Gasteiger partial charge in [0.05, 0.1) is 0 Å². The second kappa shape index (κ2) is 4.85. The third-order valence-electron chi connectivity index (χ3n) is 2.29. The fraction of sp³-hybridized carbons (Fsp3) is 0.385. The summed E-state index contributed by atoms with van der Waals surface area (Å²) in [6, 6.07) is 6.14. The van der Waals surface area contributed by atoms with Crippen molar-refractivity contribution < 1.29 is 4.74 Å². The van der Waals surface area contributed by atoms with Crippen LogP contribution in [-0.2, 0) is 0 Å². The molecule has 0 unspecified atom stereocenters. The van der Waals surface area contributed by atoms with Gasteiger partial charge < -0.3 is 4.74 Å². The largest absolute Gasteiger partial charge is 0.489 e. The summed E-state index contributed by atoms with van der Waals surface area (Å²) >= 11 is 0. The van der Waals surface area contributed by atoms with Gasteiger partial charge in [0.1, 0.15) is 12.4 Å². The third-order valence-corrected chi connectivity index (χ3v) is 2.29. The summed E-state index contributed by atoms with van der Waals surface area (Å²) in [6.45, 7) is 9.00. The normalized spacial score (nSPS) is 9.71. The molecule has 1 heteroatoms. The number of rotatable bonds is 3. The van der Waals surface area contributed by atoms with E-state index in [-0.39, 0.29) is 0 Å². The van der Waals surface area contributed by atoms with Crippen molar-refractivity contribution in [1.29, 1.82) is 0 Å². The first-order valence-corrected chi connectivity index (χ1v) is 4.93. The molecule has 0 aliphatic heterocycles. The molecule has 0 fully saturated rings. The Kier molecular flexibility index (Phi) is 3.75. The quantitative estimate of drug-likeness (QED) is 0.661. The molecule has 1 rings (SSSR count). The molecule has 0 aliphatic rings. The fourth-order valence-electron chi connectivity index (χ4n) is 1.18. The van der Waals surface area contributed by atoms with Crippen LogP contribution in [0.1, 0.15) is 25.0 Å². The first-order valence-electron chi connectivity index (χ1n) is 4.93. The monoisotopic (exact) mass is 190 g/mol. The highest BCUT2D eigenvalue weighted by Gasteiger charge is 1.99. The van der Waals surface area contributed by atoms with Crippen LogP contribution in [0.15, 0.2) is 29.8 Å². The molecule has 0 spiro atoms. The van der Waals surface area contributed by atoms with Gasteiger partial charge >= 0.3 is 0 Å². The van der Waals surface area contributed by atoms with Gasteiger partial charge in [0.25, 0.3) is 0 Å². The topological polar surface area (TPSA) is 9.23 Å². The Labute approximate surface area is 86.4 Å². The number of ether oxygens (including phenoxy) is 1. The predicted octanol–water partition coefficient (Wildman–Crippen LogP) is 3.65. The van der Waals surface area contributed by atoms with E-state index < -0.39 is 0 Å². The molecule has 0 amide bonds. The van der Waals surface area contributed by atoms with E-state index in [1.807, 2.05) is 12.1 Å². The minimum absolute atomic E-state index is 0.659. The van der Waals surface area contributed by atoms with Crippen LogP contribution in [0.4, 0.5) is 0 Å². The molecule has 0 bridgehead atoms. The molecule has 14 heavy (non-hydrogen) atoms. The standard InChI is InChI=1S/C13H18O/c1-10(2)8-9-14-13-7-5-6-11(3)12(13)4/h5-8H,9H2,1-4H3. The summed E-state index contributed by atoms with van der Waals surface area (Å²) in [5, 5.41) is 0. The second-order valence-corrected chi connectivity index (χ2v) is 3.79. The van der Waals surface area contributed by atoms with Crippen molar-refractivity contribution in [2.75, 3.05) is 6.61 Å². The molecule has 0 heterocycles. The summed E-state index contributed by atoms with van der Waals surface area (Å²) in [6.07, 6.45) is 2.09. The maximum Gasteiger partial charge on any atom is 0.122 e. The van der Waals surface area contributed by atoms with Gasteiger partial charge in [-0.1, -0.05) is 17.7 Å². The van der Waals surface area contributed by atoms with Gasteiger partial charge in [-0.15, -0.1) is 0 Å². The van der Waals surface area contributed by atoms with Crippen molar-refractivity contribution in [3.8, 4) is 5.75 Å². The lowest BCUT2D eigenvalue weighted by atomic mass is 10.1. The van der Waals surface area contributed by atoms with E-state index in [2.05, 4.69) is 39.8 Å². The summed E-state index contributed by atoms with van der Waals surface area (Å²) in [5.74, 6) is 0.988. The van der Waals surface area contributed by atoms with E-state index in [4.69, 9.17) is 4.74 Å². The van der Waals surface area contributed by atoms with E-state index in [1.54, 1.807) is 0 Å². The van der Waals surface area contributed by atoms with Crippen molar-refractivity contribution in [3.05, 3.63) is 41.0 Å². The van der Waals surface area contributed by atoms with Crippen LogP contribution in [0.5, 0.6) is 5.75 Å². The molecule has 0 aromatic heterocycles. The number of aryl methyl sites for hydroxylation is 1. The summed E-state index contributed by atoms with van der Waals surface area (Å²) < 4.78 is 5.65. The molecular weight excluding hydrogens is 172 g/mol. The Hall–Kier alpha value is -1.24. The van der Waals surface area contributed by atoms with Crippen LogP contribution >= 0.6 is 0 Å². The van der Waals surface area contributed by atoms with Crippen LogP contribution in [0.2, 0.25) is 0 Å². The highest BCUT2D eigenvalue weighted by Crippen LogP contribution is 2.20. The average molecular weight is 190 g/mol. The zero-order valence-corrected chi connectivity index (χ0v) is 9.42. The molecule has 76 valence electrons. The Balaban J connectivity index is 2.68. The molecule has 0 saturated heterocycles. The van der Waals surface area contributed by atoms with Crippen molar-refractivity contribution in [2.45, 2.75) is 27.7 Å². The molecule has 0 aliphatic carbocycles. The van der Waals surface area contributed by atoms with Crippen molar-refractivity contribution in [3.63, 3.8) is 0 Å². The van der Waals surface area contributed by atoms with E-state index in [9.17, 15) is 0 Å². The maximum absolute atomic E-state index is 5.65. The molecule has 0 N–H and O–H groups in total. The Morgan fingerprint density at radius 1 is 1.29 bits per heavy atom. The summed E-state index contributed by atoms with van der Waals surface area (Å²) in [7, 11) is 0. The predicted molar refractivity (Wildman–Crippen MR) is 60.8 cm³/mol. The van der Waals surface area contributed by atoms with Gasteiger partial charge in [-0.25, -0.2) is 0 Å². The molecule has 0 atom stereocenters. The number of benzene rings is 1. The van der Waals surface area contributed by atoms with E-state index in [0.29, 0.717) is 6.61 Å². The lowest BCUT2D eigenvalue weighted by Crippen LogP contribution is -1.97. The van der Waals surface area contributed by atoms with Crippen LogP contribution in [0, 0.1) is 13.8 Å². The van der Waals surface area contributed by atoms with Crippen molar-refractivity contribution >= 4 is 0 Å². The van der Waals surface area contributed by atoms with Gasteiger partial charge in [-0.2, -0.15) is 0 Å². The Morgan fingerprint density at radius 2 is 2.00 bits per heavy atom. The SMILES string of the molecule is CC(C)=CCOc1cccc(C)c1C. The van der Waals surface area contributed by atoms with E-state index >= 15 is 0 Å². The minimum atomic E-state index is 0.659. The molecule has 0 radical (unpaired) electrons. The van der Waals surface area contributed by atoms with Crippen molar-refractivity contribution in [2.24, 2.45) is 0 Å². The van der Waals surface area contributed by atoms with E-state index in [0.717, 1.165) is 5.75 Å². The van der Waals surface area contributed by atoms with Gasteiger partial charge in [0, 0.05) is 0 Å². The van der Waals surface area contributed by atoms with Crippen molar-refractivity contribution in [1.82, 2.24) is 0 Å². The first kappa shape index (κ1) is 10.8. The molecule has 1 aromatic carbocycles. The minimum Gasteiger partial charge on any atom is -0.489 e. The number of hydrogen-bond acceptors (Lipinski definition) is 1. The van der Waals surface area contributed by atoms with Gasteiger partial charge in [-0.05, 0) is 51.0 Å². The number of allylic oxidation sites excluding steroid dienone is 1. The van der Waals surface area contributed by atoms with Gasteiger partial charge in [0.15, 0.2) is 0 Å². The number of hydrogen-bond donors (Lipinski definition) is 0. The first-order chi connectivity index (χ1) is 6.61. The summed E-state index contributed by atoms with van der Waals surface area (Å²) in [5.41, 5.74) is 3.80. The van der Waals surface area contributed by atoms with Crippen LogP contribution in [-0.4, -0.2) is 6.61 Å².